The van der Waals surface area contributed by atoms with Gasteiger partial charge in [0.05, 0.1) is 7.11 Å². The number of aryl methyl sites for hydroxylation is 1. The van der Waals surface area contributed by atoms with E-state index >= 15 is 0 Å². The van der Waals surface area contributed by atoms with Crippen molar-refractivity contribution < 1.29 is 9.53 Å². The average molecular weight is 345 g/mol. The van der Waals surface area contributed by atoms with Gasteiger partial charge < -0.3 is 10.5 Å². The highest BCUT2D eigenvalue weighted by atomic mass is 16.5. The highest BCUT2D eigenvalue weighted by molar-refractivity contribution is 5.84. The molecule has 2 fully saturated rings. The van der Waals surface area contributed by atoms with Crippen molar-refractivity contribution in [2.75, 3.05) is 33.3 Å². The molecular formula is C20H31N3O2. The number of ether oxygens (including phenoxy) is 1. The second-order valence-corrected chi connectivity index (χ2v) is 7.51. The molecule has 2 saturated heterocycles. The highest BCUT2D eigenvalue weighted by Gasteiger charge is 2.44. The molecule has 1 aromatic rings. The first-order chi connectivity index (χ1) is 12.0. The van der Waals surface area contributed by atoms with Crippen LogP contribution in [0.25, 0.3) is 0 Å². The number of nitrogens with two attached hydrogens (primary N) is 1. The first-order valence-corrected chi connectivity index (χ1v) is 9.46. The maximum Gasteiger partial charge on any atom is 0.238 e. The summed E-state index contributed by atoms with van der Waals surface area (Å²) in [6.07, 6.45) is 5.33. The van der Waals surface area contributed by atoms with Gasteiger partial charge in [0.2, 0.25) is 5.91 Å². The molecule has 1 aromatic carbocycles. The fourth-order valence-electron chi connectivity index (χ4n) is 4.34. The Kier molecular flexibility index (Phi) is 5.64. The lowest BCUT2D eigenvalue weighted by molar-refractivity contribution is -0.135. The maximum atomic E-state index is 12.3. The lowest BCUT2D eigenvalue weighted by atomic mass is 9.83. The quantitative estimate of drug-likeness (QED) is 0.890. The zero-order valence-corrected chi connectivity index (χ0v) is 15.6. The first-order valence-electron chi connectivity index (χ1n) is 9.46. The molecule has 2 aliphatic heterocycles. The van der Waals surface area contributed by atoms with Gasteiger partial charge in [-0.3, -0.25) is 14.6 Å². The van der Waals surface area contributed by atoms with Crippen molar-refractivity contribution in [2.45, 2.75) is 51.1 Å². The van der Waals surface area contributed by atoms with Crippen LogP contribution in [0.5, 0.6) is 5.75 Å². The second kappa shape index (κ2) is 7.75. The maximum absolute atomic E-state index is 12.3. The Morgan fingerprint density at radius 1 is 1.16 bits per heavy atom. The van der Waals surface area contributed by atoms with Crippen molar-refractivity contribution in [2.24, 2.45) is 5.73 Å². The van der Waals surface area contributed by atoms with E-state index in [1.54, 1.807) is 7.11 Å². The summed E-state index contributed by atoms with van der Waals surface area (Å²) < 4.78 is 5.29. The van der Waals surface area contributed by atoms with Gasteiger partial charge in [0.15, 0.2) is 0 Å². The summed E-state index contributed by atoms with van der Waals surface area (Å²) in [6, 6.07) is 6.25. The van der Waals surface area contributed by atoms with Crippen molar-refractivity contribution in [3.8, 4) is 5.75 Å². The van der Waals surface area contributed by atoms with Crippen LogP contribution in [0.2, 0.25) is 0 Å². The van der Waals surface area contributed by atoms with Crippen molar-refractivity contribution >= 4 is 5.91 Å². The average Bonchev–Trinajstić information content (AvgIpc) is 2.64. The van der Waals surface area contributed by atoms with E-state index in [0.29, 0.717) is 0 Å². The molecule has 2 heterocycles. The van der Waals surface area contributed by atoms with Crippen molar-refractivity contribution in [3.63, 3.8) is 0 Å². The molecule has 2 aliphatic rings. The molecule has 5 heteroatoms. The minimum absolute atomic E-state index is 0.130. The van der Waals surface area contributed by atoms with E-state index in [-0.39, 0.29) is 5.91 Å². The number of piperidine rings is 2. The summed E-state index contributed by atoms with van der Waals surface area (Å²) in [4.78, 5) is 17.1. The molecule has 0 unspecified atom stereocenters. The molecule has 3 rings (SSSR count). The van der Waals surface area contributed by atoms with E-state index in [1.807, 2.05) is 6.07 Å². The van der Waals surface area contributed by atoms with Crippen molar-refractivity contribution in [3.05, 3.63) is 29.3 Å². The zero-order valence-electron chi connectivity index (χ0n) is 15.6. The molecular weight excluding hydrogens is 314 g/mol. The van der Waals surface area contributed by atoms with Gasteiger partial charge in [0.25, 0.3) is 0 Å². The molecule has 0 spiro atoms. The molecule has 0 bridgehead atoms. The van der Waals surface area contributed by atoms with Crippen molar-refractivity contribution in [1.29, 1.82) is 0 Å². The predicted octanol–water partition coefficient (Wildman–Crippen LogP) is 2.31. The Balaban J connectivity index is 1.64. The summed E-state index contributed by atoms with van der Waals surface area (Å²) >= 11 is 0. The number of nitrogens with zero attached hydrogens (tertiary/aromatic N) is 2. The van der Waals surface area contributed by atoms with Gasteiger partial charge in [0.1, 0.15) is 11.3 Å². The predicted molar refractivity (Wildman–Crippen MR) is 99.6 cm³/mol. The molecule has 0 aromatic heterocycles. The zero-order chi connectivity index (χ0) is 17.9. The van der Waals surface area contributed by atoms with E-state index in [1.165, 1.54) is 30.4 Å². The minimum atomic E-state index is -0.425. The number of amides is 1. The number of hydrogen-bond donors (Lipinski definition) is 1. The lowest BCUT2D eigenvalue weighted by Crippen LogP contribution is -2.63. The third-order valence-corrected chi connectivity index (χ3v) is 6.05. The number of primary amides is 1. The smallest absolute Gasteiger partial charge is 0.238 e. The molecule has 5 nitrogen and oxygen atoms in total. The Labute approximate surface area is 151 Å². The Bertz CT molecular complexity index is 603. The molecule has 25 heavy (non-hydrogen) atoms. The number of carbonyl (C=O) groups is 1. The van der Waals surface area contributed by atoms with E-state index in [0.717, 1.165) is 51.3 Å². The molecule has 0 saturated carbocycles. The van der Waals surface area contributed by atoms with Crippen LogP contribution in [0.3, 0.4) is 0 Å². The Hall–Kier alpha value is -1.59. The Morgan fingerprint density at radius 2 is 1.84 bits per heavy atom. The largest absolute Gasteiger partial charge is 0.497 e. The van der Waals surface area contributed by atoms with Gasteiger partial charge in [0, 0.05) is 19.6 Å². The number of benzene rings is 1. The van der Waals surface area contributed by atoms with Crippen LogP contribution in [0, 0.1) is 6.92 Å². The molecule has 1 amide bonds. The number of methoxy groups -OCH3 is 1. The SMILES string of the molecule is COc1ccc(CN2CCC(C(N)=O)(N3CCCCC3)CC2)c(C)c1. The lowest BCUT2D eigenvalue weighted by Gasteiger charge is -2.48. The van der Waals surface area contributed by atoms with Crippen LogP contribution in [0.4, 0.5) is 0 Å². The van der Waals surface area contributed by atoms with Crippen LogP contribution in [0.1, 0.15) is 43.2 Å². The van der Waals surface area contributed by atoms with Gasteiger partial charge in [-0.25, -0.2) is 0 Å². The third kappa shape index (κ3) is 3.82. The fourth-order valence-corrected chi connectivity index (χ4v) is 4.34. The van der Waals surface area contributed by atoms with Gasteiger partial charge >= 0.3 is 0 Å². The van der Waals surface area contributed by atoms with Gasteiger partial charge in [-0.05, 0) is 69.0 Å². The molecule has 2 N–H and O–H groups in total. The van der Waals surface area contributed by atoms with Crippen LogP contribution in [0.15, 0.2) is 18.2 Å². The van der Waals surface area contributed by atoms with E-state index in [9.17, 15) is 4.79 Å². The normalized spacial score (nSPS) is 21.8. The summed E-state index contributed by atoms with van der Waals surface area (Å²) in [7, 11) is 1.70. The van der Waals surface area contributed by atoms with Gasteiger partial charge in [-0.2, -0.15) is 0 Å². The summed E-state index contributed by atoms with van der Waals surface area (Å²) in [5, 5.41) is 0. The third-order valence-electron chi connectivity index (χ3n) is 6.05. The van der Waals surface area contributed by atoms with E-state index in [2.05, 4.69) is 28.9 Å². The number of hydrogen-bond acceptors (Lipinski definition) is 4. The number of carbonyl (C=O) groups excluding carboxylic acids is 1. The highest BCUT2D eigenvalue weighted by Crippen LogP contribution is 2.32. The molecule has 0 radical (unpaired) electrons. The molecule has 138 valence electrons. The number of likely N-dealkylation sites (tertiary alicyclic amines) is 2. The van der Waals surface area contributed by atoms with Gasteiger partial charge in [-0.1, -0.05) is 12.5 Å². The first kappa shape index (κ1) is 18.2. The van der Waals surface area contributed by atoms with Crippen LogP contribution in [-0.2, 0) is 11.3 Å². The van der Waals surface area contributed by atoms with Crippen LogP contribution in [-0.4, -0.2) is 54.5 Å². The molecule has 0 atom stereocenters. The monoisotopic (exact) mass is 345 g/mol. The second-order valence-electron chi connectivity index (χ2n) is 7.51. The van der Waals surface area contributed by atoms with Gasteiger partial charge in [-0.15, -0.1) is 0 Å². The summed E-state index contributed by atoms with van der Waals surface area (Å²) in [6.45, 7) is 6.92. The fraction of sp³-hybridized carbons (Fsp3) is 0.650. The van der Waals surface area contributed by atoms with Crippen molar-refractivity contribution in [1.82, 2.24) is 9.80 Å². The van der Waals surface area contributed by atoms with E-state index in [4.69, 9.17) is 10.5 Å². The molecule has 0 aliphatic carbocycles. The minimum Gasteiger partial charge on any atom is -0.497 e. The van der Waals surface area contributed by atoms with E-state index < -0.39 is 5.54 Å². The number of rotatable bonds is 5. The summed E-state index contributed by atoms with van der Waals surface area (Å²) in [5.74, 6) is 0.771. The van der Waals surface area contributed by atoms with Crippen LogP contribution >= 0.6 is 0 Å². The standard InChI is InChI=1S/C20H31N3O2/c1-16-14-18(25-2)7-6-17(16)15-22-12-8-20(9-13-22,19(21)24)23-10-4-3-5-11-23/h6-7,14H,3-5,8-13,15H2,1-2H3,(H2,21,24). The topological polar surface area (TPSA) is 58.8 Å². The Morgan fingerprint density at radius 3 is 2.40 bits per heavy atom. The summed E-state index contributed by atoms with van der Waals surface area (Å²) in [5.41, 5.74) is 8.03. The van der Waals surface area contributed by atoms with Crippen LogP contribution < -0.4 is 10.5 Å².